The Morgan fingerprint density at radius 2 is 1.91 bits per heavy atom. The lowest BCUT2D eigenvalue weighted by Crippen LogP contribution is -2.46. The number of hydrogen-bond donors (Lipinski definition) is 1. The number of nitrogens with one attached hydrogen (secondary N) is 1. The predicted octanol–water partition coefficient (Wildman–Crippen LogP) is 3.04. The molecule has 1 aromatic carbocycles. The summed E-state index contributed by atoms with van der Waals surface area (Å²) in [6, 6.07) is 5.24. The molecule has 0 aromatic heterocycles. The van der Waals surface area contributed by atoms with Crippen molar-refractivity contribution >= 4 is 33.2 Å². The van der Waals surface area contributed by atoms with E-state index in [-0.39, 0.29) is 18.9 Å². The van der Waals surface area contributed by atoms with Crippen molar-refractivity contribution in [3.8, 4) is 0 Å². The van der Waals surface area contributed by atoms with Gasteiger partial charge in [0.25, 0.3) is 0 Å². The van der Waals surface area contributed by atoms with Gasteiger partial charge < -0.3 is 5.32 Å². The zero-order chi connectivity index (χ0) is 17.1. The van der Waals surface area contributed by atoms with Crippen LogP contribution in [0.15, 0.2) is 18.2 Å². The number of carbonyl (C=O) groups excluding carboxylic acids is 1. The van der Waals surface area contributed by atoms with Gasteiger partial charge in [-0.05, 0) is 45.4 Å². The molecular weight excluding hydrogens is 324 g/mol. The summed E-state index contributed by atoms with van der Waals surface area (Å²) in [6.07, 6.45) is 1.23. The van der Waals surface area contributed by atoms with Crippen LogP contribution in [0.1, 0.15) is 32.8 Å². The second-order valence-corrected chi connectivity index (χ2v) is 8.61. The van der Waals surface area contributed by atoms with Gasteiger partial charge in [-0.25, -0.2) is 8.42 Å². The van der Waals surface area contributed by atoms with Crippen molar-refractivity contribution in [3.05, 3.63) is 28.8 Å². The monoisotopic (exact) mass is 346 g/mol. The predicted molar refractivity (Wildman–Crippen MR) is 90.7 cm³/mol. The Hall–Kier alpha value is -1.11. The van der Waals surface area contributed by atoms with Gasteiger partial charge in [-0.2, -0.15) is 4.31 Å². The largest absolute Gasteiger partial charge is 0.326 e. The molecule has 0 spiro atoms. The van der Waals surface area contributed by atoms with Gasteiger partial charge in [-0.3, -0.25) is 4.79 Å². The number of carbonyl (C=O) groups is 1. The summed E-state index contributed by atoms with van der Waals surface area (Å²) in [5, 5.41) is 3.30. The Kier molecular flexibility index (Phi) is 6.01. The summed E-state index contributed by atoms with van der Waals surface area (Å²) in [6.45, 7) is 7.39. The Labute approximate surface area is 137 Å². The highest BCUT2D eigenvalue weighted by atomic mass is 35.5. The van der Waals surface area contributed by atoms with Gasteiger partial charge in [-0.15, -0.1) is 0 Å². The Morgan fingerprint density at radius 1 is 1.32 bits per heavy atom. The van der Waals surface area contributed by atoms with Crippen LogP contribution in [0.25, 0.3) is 0 Å². The number of halogens is 1. The van der Waals surface area contributed by atoms with Crippen molar-refractivity contribution in [2.75, 3.05) is 18.1 Å². The lowest BCUT2D eigenvalue weighted by atomic mass is 10.1. The molecular formula is C15H23ClN2O3S. The van der Waals surface area contributed by atoms with E-state index in [2.05, 4.69) is 5.32 Å². The summed E-state index contributed by atoms with van der Waals surface area (Å²) in [5.41, 5.74) is 0.965. The molecule has 0 saturated heterocycles. The maximum atomic E-state index is 12.1. The average Bonchev–Trinajstić information content (AvgIpc) is 2.30. The van der Waals surface area contributed by atoms with E-state index in [1.165, 1.54) is 4.31 Å². The van der Waals surface area contributed by atoms with Crippen LogP contribution >= 0.6 is 11.6 Å². The molecule has 0 unspecified atom stereocenters. The summed E-state index contributed by atoms with van der Waals surface area (Å²) < 4.78 is 25.0. The van der Waals surface area contributed by atoms with Gasteiger partial charge in [0, 0.05) is 29.2 Å². The van der Waals surface area contributed by atoms with E-state index >= 15 is 0 Å². The highest BCUT2D eigenvalue weighted by Gasteiger charge is 2.29. The van der Waals surface area contributed by atoms with E-state index in [9.17, 15) is 13.2 Å². The molecule has 0 atom stereocenters. The topological polar surface area (TPSA) is 66.5 Å². The number of anilines is 1. The molecule has 0 heterocycles. The zero-order valence-corrected chi connectivity index (χ0v) is 15.2. The number of amides is 1. The molecule has 0 aliphatic carbocycles. The van der Waals surface area contributed by atoms with E-state index in [4.69, 9.17) is 11.6 Å². The van der Waals surface area contributed by atoms with E-state index in [0.29, 0.717) is 10.7 Å². The van der Waals surface area contributed by atoms with Gasteiger partial charge >= 0.3 is 0 Å². The summed E-state index contributed by atoms with van der Waals surface area (Å²) in [5.74, 6) is -0.247. The van der Waals surface area contributed by atoms with Crippen LogP contribution < -0.4 is 5.32 Å². The third kappa shape index (κ3) is 5.59. The van der Waals surface area contributed by atoms with Crippen molar-refractivity contribution < 1.29 is 13.2 Å². The highest BCUT2D eigenvalue weighted by molar-refractivity contribution is 7.88. The number of nitrogens with zero attached hydrogens (tertiary/aromatic N) is 1. The second-order valence-electron chi connectivity index (χ2n) is 6.26. The molecule has 124 valence electrons. The third-order valence-electron chi connectivity index (χ3n) is 3.16. The van der Waals surface area contributed by atoms with Crippen LogP contribution in [0.4, 0.5) is 5.69 Å². The second kappa shape index (κ2) is 6.98. The Bertz CT molecular complexity index is 651. The van der Waals surface area contributed by atoms with Crippen LogP contribution in [-0.4, -0.2) is 37.0 Å². The number of benzene rings is 1. The minimum absolute atomic E-state index is 0.0797. The molecule has 22 heavy (non-hydrogen) atoms. The fourth-order valence-electron chi connectivity index (χ4n) is 2.14. The van der Waals surface area contributed by atoms with E-state index in [1.54, 1.807) is 32.9 Å². The van der Waals surface area contributed by atoms with Crippen LogP contribution in [0, 0.1) is 6.92 Å². The first-order chi connectivity index (χ1) is 9.91. The zero-order valence-electron chi connectivity index (χ0n) is 13.6. The molecule has 0 radical (unpaired) electrons. The Morgan fingerprint density at radius 3 is 2.41 bits per heavy atom. The molecule has 0 bridgehead atoms. The van der Waals surface area contributed by atoms with Crippen LogP contribution in [-0.2, 0) is 14.8 Å². The molecule has 1 N–H and O–H groups in total. The molecule has 0 aliphatic heterocycles. The van der Waals surface area contributed by atoms with Crippen molar-refractivity contribution in [2.24, 2.45) is 0 Å². The van der Waals surface area contributed by atoms with Crippen LogP contribution in [0.3, 0.4) is 0 Å². The van der Waals surface area contributed by atoms with Gasteiger partial charge in [0.15, 0.2) is 0 Å². The molecule has 1 aromatic rings. The van der Waals surface area contributed by atoms with Crippen LogP contribution in [0.2, 0.25) is 5.02 Å². The SMILES string of the molecule is Cc1ccc(Cl)cc1NC(=O)CCN(C(C)(C)C)S(C)(=O)=O. The molecule has 0 aliphatic rings. The number of sulfonamides is 1. The lowest BCUT2D eigenvalue weighted by Gasteiger charge is -2.33. The van der Waals surface area contributed by atoms with Gasteiger partial charge in [0.2, 0.25) is 15.9 Å². The molecule has 0 saturated carbocycles. The lowest BCUT2D eigenvalue weighted by molar-refractivity contribution is -0.116. The maximum Gasteiger partial charge on any atom is 0.225 e. The van der Waals surface area contributed by atoms with Crippen molar-refractivity contribution in [2.45, 2.75) is 39.7 Å². The third-order valence-corrected chi connectivity index (χ3v) is 4.93. The molecule has 1 rings (SSSR count). The van der Waals surface area contributed by atoms with Gasteiger partial charge in [-0.1, -0.05) is 17.7 Å². The molecule has 5 nitrogen and oxygen atoms in total. The number of aryl methyl sites for hydroxylation is 1. The van der Waals surface area contributed by atoms with E-state index < -0.39 is 15.6 Å². The van der Waals surface area contributed by atoms with Gasteiger partial charge in [0.05, 0.1) is 6.26 Å². The fourth-order valence-corrected chi connectivity index (χ4v) is 3.73. The minimum Gasteiger partial charge on any atom is -0.326 e. The van der Waals surface area contributed by atoms with Crippen molar-refractivity contribution in [1.29, 1.82) is 0 Å². The summed E-state index contributed by atoms with van der Waals surface area (Å²) >= 11 is 5.91. The van der Waals surface area contributed by atoms with E-state index in [1.807, 2.05) is 13.0 Å². The average molecular weight is 347 g/mol. The molecule has 0 fully saturated rings. The minimum atomic E-state index is -3.37. The van der Waals surface area contributed by atoms with Crippen LogP contribution in [0.5, 0.6) is 0 Å². The van der Waals surface area contributed by atoms with Gasteiger partial charge in [0.1, 0.15) is 0 Å². The van der Waals surface area contributed by atoms with E-state index in [0.717, 1.165) is 11.8 Å². The van der Waals surface area contributed by atoms with Crippen molar-refractivity contribution in [3.63, 3.8) is 0 Å². The standard InChI is InChI=1S/C15H23ClN2O3S/c1-11-6-7-12(16)10-13(11)17-14(19)8-9-18(15(2,3)4)22(5,20)21/h6-7,10H,8-9H2,1-5H3,(H,17,19). The summed E-state index contributed by atoms with van der Waals surface area (Å²) in [4.78, 5) is 12.1. The first-order valence-electron chi connectivity index (χ1n) is 6.95. The first kappa shape index (κ1) is 18.9. The quantitative estimate of drug-likeness (QED) is 0.891. The normalized spacial score (nSPS) is 12.5. The summed E-state index contributed by atoms with van der Waals surface area (Å²) in [7, 11) is -3.37. The smallest absolute Gasteiger partial charge is 0.225 e. The number of hydrogen-bond acceptors (Lipinski definition) is 3. The molecule has 1 amide bonds. The first-order valence-corrected chi connectivity index (χ1v) is 9.17. The van der Waals surface area contributed by atoms with Crippen molar-refractivity contribution in [1.82, 2.24) is 4.31 Å². The number of rotatable bonds is 5. The molecule has 7 heteroatoms. The highest BCUT2D eigenvalue weighted by Crippen LogP contribution is 2.21. The Balaban J connectivity index is 2.75. The maximum absolute atomic E-state index is 12.1. The fraction of sp³-hybridized carbons (Fsp3) is 0.533.